The SMILES string of the molecule is CCCCCCCCCCCCCCCCCCN(CC(O)CN1C(=O)NC2(CC(C)(C)NC(C)(C)C2)C1=O)CC(O)CN1C(=O)NC2(CC(C)(C)NC(C)(C)C2)C1=O. The van der Waals surface area contributed by atoms with Gasteiger partial charge in [-0.3, -0.25) is 24.3 Å². The number of urea groups is 2. The number of aliphatic hydroxyl groups is 2. The highest BCUT2D eigenvalue weighted by atomic mass is 16.3. The first kappa shape index (κ1) is 49.3. The molecule has 0 radical (unpaired) electrons. The molecule has 0 aromatic carbocycles. The van der Waals surface area contributed by atoms with Crippen LogP contribution in [-0.2, 0) is 9.59 Å². The monoisotopic (exact) mass is 832 g/mol. The van der Waals surface area contributed by atoms with Crippen LogP contribution in [0.25, 0.3) is 0 Å². The molecule has 4 fully saturated rings. The van der Waals surface area contributed by atoms with Gasteiger partial charge in [0.05, 0.1) is 25.3 Å². The summed E-state index contributed by atoms with van der Waals surface area (Å²) >= 11 is 0. The Morgan fingerprint density at radius 1 is 0.508 bits per heavy atom. The van der Waals surface area contributed by atoms with Gasteiger partial charge in [-0.15, -0.1) is 0 Å². The minimum atomic E-state index is -1.06. The van der Waals surface area contributed by atoms with Crippen molar-refractivity contribution in [2.24, 2.45) is 0 Å². The summed E-state index contributed by atoms with van der Waals surface area (Å²) in [5.41, 5.74) is -3.62. The van der Waals surface area contributed by atoms with E-state index in [1.165, 1.54) is 83.5 Å². The van der Waals surface area contributed by atoms with E-state index in [1.54, 1.807) is 0 Å². The fraction of sp³-hybridized carbons (Fsp3) is 0.913. The normalized spacial score (nSPS) is 23.7. The number of nitrogens with one attached hydrogen (secondary N) is 4. The lowest BCUT2D eigenvalue weighted by atomic mass is 9.71. The van der Waals surface area contributed by atoms with Crippen molar-refractivity contribution in [2.45, 2.75) is 236 Å². The van der Waals surface area contributed by atoms with Gasteiger partial charge in [-0.2, -0.15) is 0 Å². The summed E-state index contributed by atoms with van der Waals surface area (Å²) in [5.74, 6) is -0.629. The summed E-state index contributed by atoms with van der Waals surface area (Å²) < 4.78 is 0. The van der Waals surface area contributed by atoms with Crippen molar-refractivity contribution < 1.29 is 29.4 Å². The van der Waals surface area contributed by atoms with Crippen molar-refractivity contribution in [3.05, 3.63) is 0 Å². The van der Waals surface area contributed by atoms with Crippen LogP contribution in [0.3, 0.4) is 0 Å². The number of carbonyl (C=O) groups excluding carboxylic acids is 4. The van der Waals surface area contributed by atoms with E-state index < -0.39 is 35.3 Å². The van der Waals surface area contributed by atoms with Gasteiger partial charge in [-0.05, 0) is 94.0 Å². The molecule has 4 aliphatic heterocycles. The fourth-order valence-corrected chi connectivity index (χ4v) is 11.6. The zero-order valence-electron chi connectivity index (χ0n) is 38.7. The molecule has 0 aromatic rings. The molecule has 340 valence electrons. The number of hydrogen-bond acceptors (Lipinski definition) is 9. The van der Waals surface area contributed by atoms with Gasteiger partial charge in [0, 0.05) is 35.2 Å². The molecule has 4 rings (SSSR count). The lowest BCUT2D eigenvalue weighted by molar-refractivity contribution is -0.136. The molecule has 0 bridgehead atoms. The molecule has 2 atom stereocenters. The van der Waals surface area contributed by atoms with Crippen molar-refractivity contribution in [2.75, 3.05) is 32.7 Å². The molecule has 13 nitrogen and oxygen atoms in total. The second-order valence-electron chi connectivity index (χ2n) is 21.7. The summed E-state index contributed by atoms with van der Waals surface area (Å²) in [6, 6.07) is -0.993. The number of imide groups is 2. The van der Waals surface area contributed by atoms with Crippen molar-refractivity contribution in [1.82, 2.24) is 36.0 Å². The largest absolute Gasteiger partial charge is 0.390 e. The van der Waals surface area contributed by atoms with Crippen molar-refractivity contribution in [1.29, 1.82) is 0 Å². The number of β-amino-alcohol motifs (C(OH)–C–C–N with tert-alkyl or cyclic N) is 2. The summed E-state index contributed by atoms with van der Waals surface area (Å²) in [7, 11) is 0. The standard InChI is InChI=1S/C46H85N7O6/c1-10-11-12-13-14-15-16-17-18-19-20-21-22-23-24-25-26-51(27-35(54)29-52-37(56)45(47-39(52)58)31-41(2,3)49-42(4,5)32-45)28-36(55)30-53-38(57)46(48-40(53)59)33-43(6,7)50-44(8,9)34-46/h35-36,49-50,54-55H,10-34H2,1-9H3,(H,47,58)(H,48,59). The minimum Gasteiger partial charge on any atom is -0.390 e. The Labute approximate surface area is 357 Å². The van der Waals surface area contributed by atoms with Gasteiger partial charge in [-0.1, -0.05) is 103 Å². The number of unbranched alkanes of at least 4 members (excludes halogenated alkanes) is 15. The number of carbonyl (C=O) groups is 4. The highest BCUT2D eigenvalue weighted by Crippen LogP contribution is 2.41. The van der Waals surface area contributed by atoms with Crippen LogP contribution < -0.4 is 21.3 Å². The predicted octanol–water partition coefficient (Wildman–Crippen LogP) is 6.73. The first-order valence-electron chi connectivity index (χ1n) is 23.5. The van der Waals surface area contributed by atoms with E-state index in [9.17, 15) is 29.4 Å². The van der Waals surface area contributed by atoms with Gasteiger partial charge < -0.3 is 31.5 Å². The molecular weight excluding hydrogens is 747 g/mol. The first-order chi connectivity index (χ1) is 27.5. The van der Waals surface area contributed by atoms with E-state index in [0.717, 1.165) is 29.1 Å². The number of piperidine rings is 2. The molecule has 4 aliphatic rings. The number of nitrogens with zero attached hydrogens (tertiary/aromatic N) is 3. The average molecular weight is 832 g/mol. The minimum absolute atomic E-state index is 0.122. The van der Waals surface area contributed by atoms with E-state index in [0.29, 0.717) is 32.2 Å². The summed E-state index contributed by atoms with van der Waals surface area (Å²) in [4.78, 5) is 58.8. The van der Waals surface area contributed by atoms with Gasteiger partial charge in [0.25, 0.3) is 11.8 Å². The van der Waals surface area contributed by atoms with Gasteiger partial charge in [-0.25, -0.2) is 9.59 Å². The molecule has 2 spiro atoms. The first-order valence-corrected chi connectivity index (χ1v) is 23.5. The highest BCUT2D eigenvalue weighted by molar-refractivity contribution is 6.08. The molecule has 6 amide bonds. The van der Waals surface area contributed by atoms with E-state index in [4.69, 9.17) is 0 Å². The van der Waals surface area contributed by atoms with E-state index >= 15 is 0 Å². The Bertz CT molecular complexity index is 1300. The Hall–Kier alpha value is -2.32. The third-order valence-corrected chi connectivity index (χ3v) is 12.9. The molecular formula is C46H85N7O6. The lowest BCUT2D eigenvalue weighted by Gasteiger charge is -2.50. The fourth-order valence-electron chi connectivity index (χ4n) is 11.6. The number of rotatable bonds is 25. The summed E-state index contributed by atoms with van der Waals surface area (Å²) in [6.45, 7) is 19.0. The second-order valence-corrected chi connectivity index (χ2v) is 21.7. The van der Waals surface area contributed by atoms with Gasteiger partial charge in [0.1, 0.15) is 11.1 Å². The van der Waals surface area contributed by atoms with Gasteiger partial charge in [0.2, 0.25) is 0 Å². The van der Waals surface area contributed by atoms with Crippen molar-refractivity contribution in [3.8, 4) is 0 Å². The molecule has 0 saturated carbocycles. The van der Waals surface area contributed by atoms with Crippen LogP contribution in [-0.4, -0.2) is 127 Å². The zero-order chi connectivity index (χ0) is 43.7. The maximum atomic E-state index is 13.9. The van der Waals surface area contributed by atoms with Crippen molar-refractivity contribution >= 4 is 23.9 Å². The second kappa shape index (κ2) is 20.7. The molecule has 0 aliphatic carbocycles. The lowest BCUT2D eigenvalue weighted by Crippen LogP contribution is -2.68. The summed E-state index contributed by atoms with van der Waals surface area (Å²) in [6.07, 6.45) is 19.8. The molecule has 2 unspecified atom stereocenters. The maximum Gasteiger partial charge on any atom is 0.325 e. The van der Waals surface area contributed by atoms with Gasteiger partial charge in [0.15, 0.2) is 0 Å². The molecule has 13 heteroatoms. The number of hydrogen-bond donors (Lipinski definition) is 6. The smallest absolute Gasteiger partial charge is 0.325 e. The molecule has 4 saturated heterocycles. The predicted molar refractivity (Wildman–Crippen MR) is 235 cm³/mol. The third kappa shape index (κ3) is 14.4. The van der Waals surface area contributed by atoms with Crippen LogP contribution in [0.15, 0.2) is 0 Å². The Kier molecular flexibility index (Phi) is 17.3. The van der Waals surface area contributed by atoms with E-state index in [-0.39, 0.29) is 60.1 Å². The quantitative estimate of drug-likeness (QED) is 0.0432. The Balaban J connectivity index is 1.30. The zero-order valence-corrected chi connectivity index (χ0v) is 38.7. The number of aliphatic hydroxyl groups excluding tert-OH is 2. The van der Waals surface area contributed by atoms with Crippen molar-refractivity contribution in [3.63, 3.8) is 0 Å². The molecule has 4 heterocycles. The Morgan fingerprint density at radius 3 is 1.10 bits per heavy atom. The van der Waals surface area contributed by atoms with Crippen LogP contribution in [0, 0.1) is 0 Å². The van der Waals surface area contributed by atoms with Crippen LogP contribution in [0.5, 0.6) is 0 Å². The van der Waals surface area contributed by atoms with Gasteiger partial charge >= 0.3 is 12.1 Å². The van der Waals surface area contributed by atoms with E-state index in [1.807, 2.05) is 60.3 Å². The van der Waals surface area contributed by atoms with Crippen LogP contribution in [0.2, 0.25) is 0 Å². The average Bonchev–Trinajstić information content (AvgIpc) is 3.42. The van der Waals surface area contributed by atoms with Crippen LogP contribution in [0.1, 0.15) is 191 Å². The third-order valence-electron chi connectivity index (χ3n) is 12.9. The Morgan fingerprint density at radius 2 is 0.797 bits per heavy atom. The molecule has 6 N–H and O–H groups in total. The topological polar surface area (TPSA) is 167 Å². The summed E-state index contributed by atoms with van der Waals surface area (Å²) in [5, 5.41) is 36.0. The number of amides is 6. The molecule has 59 heavy (non-hydrogen) atoms. The van der Waals surface area contributed by atoms with E-state index in [2.05, 4.69) is 28.2 Å². The van der Waals surface area contributed by atoms with Crippen LogP contribution >= 0.6 is 0 Å². The molecule has 0 aromatic heterocycles. The van der Waals surface area contributed by atoms with Crippen LogP contribution in [0.4, 0.5) is 9.59 Å². The highest BCUT2D eigenvalue weighted by Gasteiger charge is 2.60. The maximum absolute atomic E-state index is 13.9.